The predicted molar refractivity (Wildman–Crippen MR) is 131 cm³/mol. The van der Waals surface area contributed by atoms with Crippen molar-refractivity contribution >= 4 is 35.8 Å². The van der Waals surface area contributed by atoms with Crippen molar-refractivity contribution in [3.63, 3.8) is 0 Å². The second-order valence-electron chi connectivity index (χ2n) is 8.05. The van der Waals surface area contributed by atoms with E-state index in [1.807, 2.05) is 0 Å². The molecule has 30 heavy (non-hydrogen) atoms. The Bertz CT molecular complexity index is 657. The molecule has 0 aliphatic carbocycles. The Balaban J connectivity index is 0.00000320. The number of benzene rings is 1. The lowest BCUT2D eigenvalue weighted by molar-refractivity contribution is -0.127. The summed E-state index contributed by atoms with van der Waals surface area (Å²) >= 11 is 0. The van der Waals surface area contributed by atoms with Crippen LogP contribution in [0.5, 0.6) is 0 Å². The van der Waals surface area contributed by atoms with Gasteiger partial charge in [-0.25, -0.2) is 4.99 Å². The lowest BCUT2D eigenvalue weighted by Crippen LogP contribution is -2.53. The fourth-order valence-electron chi connectivity index (χ4n) is 3.68. The van der Waals surface area contributed by atoms with Crippen molar-refractivity contribution in [3.05, 3.63) is 35.9 Å². The Hall–Kier alpha value is -1.39. The zero-order valence-electron chi connectivity index (χ0n) is 18.3. The first-order chi connectivity index (χ1) is 14.1. The SMILES string of the molecule is CN(C)C(=O)CN=C(NCC1CCCCO1)N1CCN(Cc2ccccc2)CC1.I. The number of aliphatic imine (C=N–C) groups is 1. The van der Waals surface area contributed by atoms with Gasteiger partial charge in [-0.3, -0.25) is 9.69 Å². The molecule has 2 aliphatic heterocycles. The van der Waals surface area contributed by atoms with E-state index in [4.69, 9.17) is 4.74 Å². The predicted octanol–water partition coefficient (Wildman–Crippen LogP) is 2.03. The van der Waals surface area contributed by atoms with E-state index in [0.29, 0.717) is 0 Å². The summed E-state index contributed by atoms with van der Waals surface area (Å²) in [5.74, 6) is 0.842. The smallest absolute Gasteiger partial charge is 0.243 e. The van der Waals surface area contributed by atoms with Crippen LogP contribution in [0.15, 0.2) is 35.3 Å². The number of amides is 1. The molecule has 1 N–H and O–H groups in total. The molecule has 0 bridgehead atoms. The maximum absolute atomic E-state index is 12.0. The second kappa shape index (κ2) is 13.1. The fraction of sp³-hybridized carbons (Fsp3) is 0.636. The highest BCUT2D eigenvalue weighted by Gasteiger charge is 2.22. The van der Waals surface area contributed by atoms with Crippen molar-refractivity contribution < 1.29 is 9.53 Å². The molecule has 8 heteroatoms. The second-order valence-corrected chi connectivity index (χ2v) is 8.05. The molecule has 7 nitrogen and oxygen atoms in total. The molecular weight excluding hydrogens is 493 g/mol. The van der Waals surface area contributed by atoms with Gasteiger partial charge in [-0.2, -0.15) is 0 Å². The zero-order chi connectivity index (χ0) is 20.5. The van der Waals surface area contributed by atoms with Gasteiger partial charge in [0, 0.05) is 60.0 Å². The third kappa shape index (κ3) is 8.03. The van der Waals surface area contributed by atoms with Crippen LogP contribution in [0.25, 0.3) is 0 Å². The highest BCUT2D eigenvalue weighted by atomic mass is 127. The number of rotatable bonds is 6. The van der Waals surface area contributed by atoms with Crippen LogP contribution in [0.3, 0.4) is 0 Å². The van der Waals surface area contributed by atoms with Crippen LogP contribution in [-0.4, -0.2) is 92.6 Å². The molecule has 2 aliphatic rings. The number of ether oxygens (including phenoxy) is 1. The van der Waals surface area contributed by atoms with Crippen molar-refractivity contribution in [1.82, 2.24) is 20.0 Å². The minimum atomic E-state index is 0. The Morgan fingerprint density at radius 2 is 1.90 bits per heavy atom. The molecule has 1 aromatic rings. The molecule has 2 fully saturated rings. The number of hydrogen-bond donors (Lipinski definition) is 1. The van der Waals surface area contributed by atoms with E-state index >= 15 is 0 Å². The van der Waals surface area contributed by atoms with E-state index < -0.39 is 0 Å². The van der Waals surface area contributed by atoms with Crippen LogP contribution in [0.4, 0.5) is 0 Å². The monoisotopic (exact) mass is 529 g/mol. The number of likely N-dealkylation sites (N-methyl/N-ethyl adjacent to an activating group) is 1. The summed E-state index contributed by atoms with van der Waals surface area (Å²) in [6.45, 7) is 6.51. The molecule has 168 valence electrons. The minimum absolute atomic E-state index is 0. The van der Waals surface area contributed by atoms with Crippen LogP contribution in [0.1, 0.15) is 24.8 Å². The number of carbonyl (C=O) groups is 1. The molecule has 1 unspecified atom stereocenters. The lowest BCUT2D eigenvalue weighted by Gasteiger charge is -2.37. The highest BCUT2D eigenvalue weighted by Crippen LogP contribution is 2.12. The summed E-state index contributed by atoms with van der Waals surface area (Å²) < 4.78 is 5.84. The summed E-state index contributed by atoms with van der Waals surface area (Å²) in [4.78, 5) is 23.0. The summed E-state index contributed by atoms with van der Waals surface area (Å²) in [5.41, 5.74) is 1.35. The first-order valence-corrected chi connectivity index (χ1v) is 10.7. The van der Waals surface area contributed by atoms with Gasteiger partial charge in [0.1, 0.15) is 6.54 Å². The van der Waals surface area contributed by atoms with Gasteiger partial charge in [0.05, 0.1) is 6.10 Å². The van der Waals surface area contributed by atoms with Crippen LogP contribution < -0.4 is 5.32 Å². The molecule has 0 aromatic heterocycles. The van der Waals surface area contributed by atoms with Crippen LogP contribution >= 0.6 is 24.0 Å². The normalized spacial score (nSPS) is 20.4. The van der Waals surface area contributed by atoms with Crippen molar-refractivity contribution in [1.29, 1.82) is 0 Å². The van der Waals surface area contributed by atoms with Gasteiger partial charge < -0.3 is 19.9 Å². The van der Waals surface area contributed by atoms with Gasteiger partial charge >= 0.3 is 0 Å². The molecule has 1 amide bonds. The average molecular weight is 529 g/mol. The van der Waals surface area contributed by atoms with Crippen molar-refractivity contribution in [2.45, 2.75) is 31.9 Å². The van der Waals surface area contributed by atoms with E-state index in [1.54, 1.807) is 19.0 Å². The maximum Gasteiger partial charge on any atom is 0.243 e. The van der Waals surface area contributed by atoms with E-state index in [1.165, 1.54) is 12.0 Å². The Labute approximate surface area is 197 Å². The van der Waals surface area contributed by atoms with Crippen molar-refractivity contribution in [3.8, 4) is 0 Å². The summed E-state index contributed by atoms with van der Waals surface area (Å²) in [7, 11) is 3.53. The molecule has 2 heterocycles. The van der Waals surface area contributed by atoms with E-state index in [-0.39, 0.29) is 42.5 Å². The number of hydrogen-bond acceptors (Lipinski definition) is 4. The zero-order valence-corrected chi connectivity index (χ0v) is 20.6. The molecule has 1 aromatic carbocycles. The average Bonchev–Trinajstić information content (AvgIpc) is 2.76. The third-order valence-electron chi connectivity index (χ3n) is 5.55. The highest BCUT2D eigenvalue weighted by molar-refractivity contribution is 14.0. The number of nitrogens with zero attached hydrogens (tertiary/aromatic N) is 4. The van der Waals surface area contributed by atoms with Gasteiger partial charge in [-0.15, -0.1) is 24.0 Å². The van der Waals surface area contributed by atoms with Crippen LogP contribution in [0, 0.1) is 0 Å². The standard InChI is InChI=1S/C22H35N5O2.HI/c1-25(2)21(28)17-24-22(23-16-20-10-6-7-15-29-20)27-13-11-26(12-14-27)18-19-8-4-3-5-9-19;/h3-5,8-9,20H,6-7,10-18H2,1-2H3,(H,23,24);1H. The molecule has 1 atom stereocenters. The molecule has 0 spiro atoms. The van der Waals surface area contributed by atoms with Gasteiger partial charge in [0.15, 0.2) is 5.96 Å². The summed E-state index contributed by atoms with van der Waals surface area (Å²) in [6, 6.07) is 10.6. The maximum atomic E-state index is 12.0. The molecule has 2 saturated heterocycles. The van der Waals surface area contributed by atoms with E-state index in [9.17, 15) is 4.79 Å². The number of nitrogens with one attached hydrogen (secondary N) is 1. The van der Waals surface area contributed by atoms with Crippen LogP contribution in [0.2, 0.25) is 0 Å². The summed E-state index contributed by atoms with van der Waals surface area (Å²) in [6.07, 6.45) is 3.69. The largest absolute Gasteiger partial charge is 0.376 e. The van der Waals surface area contributed by atoms with Gasteiger partial charge in [-0.1, -0.05) is 30.3 Å². The minimum Gasteiger partial charge on any atom is -0.376 e. The van der Waals surface area contributed by atoms with Crippen molar-refractivity contribution in [2.24, 2.45) is 4.99 Å². The Kier molecular flexibility index (Phi) is 10.9. The number of carbonyl (C=O) groups excluding carboxylic acids is 1. The van der Waals surface area contributed by atoms with Gasteiger partial charge in [-0.05, 0) is 24.8 Å². The van der Waals surface area contributed by atoms with Crippen LogP contribution in [-0.2, 0) is 16.1 Å². The third-order valence-corrected chi connectivity index (χ3v) is 5.55. The first-order valence-electron chi connectivity index (χ1n) is 10.7. The molecule has 3 rings (SSSR count). The van der Waals surface area contributed by atoms with E-state index in [0.717, 1.165) is 64.7 Å². The quantitative estimate of drug-likeness (QED) is 0.347. The van der Waals surface area contributed by atoms with Gasteiger partial charge in [0.2, 0.25) is 5.91 Å². The summed E-state index contributed by atoms with van der Waals surface area (Å²) in [5, 5.41) is 3.48. The van der Waals surface area contributed by atoms with E-state index in [2.05, 4.69) is 50.4 Å². The first kappa shape index (κ1) is 24.9. The fourth-order valence-corrected chi connectivity index (χ4v) is 3.68. The number of guanidine groups is 1. The Morgan fingerprint density at radius 1 is 1.17 bits per heavy atom. The number of piperazine rings is 1. The molecule has 0 saturated carbocycles. The number of halogens is 1. The Morgan fingerprint density at radius 3 is 2.53 bits per heavy atom. The van der Waals surface area contributed by atoms with Crippen molar-refractivity contribution in [2.75, 3.05) is 60.0 Å². The lowest BCUT2D eigenvalue weighted by atomic mass is 10.1. The molecular formula is C22H36IN5O2. The topological polar surface area (TPSA) is 60.4 Å². The molecule has 0 radical (unpaired) electrons. The van der Waals surface area contributed by atoms with Gasteiger partial charge in [0.25, 0.3) is 0 Å².